The van der Waals surface area contributed by atoms with Crippen molar-refractivity contribution in [2.75, 3.05) is 13.2 Å². The third-order valence-corrected chi connectivity index (χ3v) is 3.21. The van der Waals surface area contributed by atoms with E-state index in [9.17, 15) is 9.59 Å². The van der Waals surface area contributed by atoms with E-state index < -0.39 is 12.0 Å². The highest BCUT2D eigenvalue weighted by Gasteiger charge is 2.19. The second-order valence-corrected chi connectivity index (χ2v) is 4.79. The molecule has 20 heavy (non-hydrogen) atoms. The van der Waals surface area contributed by atoms with Gasteiger partial charge in [0, 0.05) is 12.1 Å². The molecule has 6 heteroatoms. The number of rotatable bonds is 6. The van der Waals surface area contributed by atoms with Crippen LogP contribution in [0.25, 0.3) is 0 Å². The molecule has 0 aromatic heterocycles. The van der Waals surface area contributed by atoms with E-state index in [2.05, 4.69) is 5.32 Å². The molecule has 1 heterocycles. The van der Waals surface area contributed by atoms with E-state index in [1.807, 2.05) is 0 Å². The summed E-state index contributed by atoms with van der Waals surface area (Å²) in [6.45, 7) is 1.40. The maximum atomic E-state index is 12.0. The zero-order chi connectivity index (χ0) is 14.5. The summed E-state index contributed by atoms with van der Waals surface area (Å²) in [7, 11) is 0. The van der Waals surface area contributed by atoms with Gasteiger partial charge in [-0.15, -0.1) is 0 Å². The largest absolute Gasteiger partial charge is 0.480 e. The van der Waals surface area contributed by atoms with E-state index in [1.165, 1.54) is 0 Å². The van der Waals surface area contributed by atoms with Gasteiger partial charge >= 0.3 is 5.97 Å². The Labute approximate surface area is 116 Å². The molecule has 2 unspecified atom stereocenters. The first-order valence-corrected chi connectivity index (χ1v) is 6.52. The second-order valence-electron chi connectivity index (χ2n) is 4.79. The molecule has 6 nitrogen and oxygen atoms in total. The summed E-state index contributed by atoms with van der Waals surface area (Å²) in [5.74, 6) is -1.03. The van der Waals surface area contributed by atoms with Crippen molar-refractivity contribution in [1.29, 1.82) is 0 Å². The first-order valence-electron chi connectivity index (χ1n) is 6.52. The molecule has 4 N–H and O–H groups in total. The fraction of sp³-hybridized carbons (Fsp3) is 0.429. The van der Waals surface area contributed by atoms with Gasteiger partial charge in [-0.2, -0.15) is 0 Å². The Kier molecular flexibility index (Phi) is 4.84. The number of benzene rings is 1. The minimum Gasteiger partial charge on any atom is -0.480 e. The van der Waals surface area contributed by atoms with Crippen molar-refractivity contribution in [3.8, 4) is 0 Å². The molecule has 0 radical (unpaired) electrons. The van der Waals surface area contributed by atoms with Crippen LogP contribution in [0.4, 0.5) is 0 Å². The summed E-state index contributed by atoms with van der Waals surface area (Å²) in [5.41, 5.74) is 6.85. The summed E-state index contributed by atoms with van der Waals surface area (Å²) < 4.78 is 5.33. The molecule has 1 fully saturated rings. The zero-order valence-electron chi connectivity index (χ0n) is 11.0. The van der Waals surface area contributed by atoms with Crippen LogP contribution in [0.2, 0.25) is 0 Å². The van der Waals surface area contributed by atoms with Crippen LogP contribution in [0.1, 0.15) is 22.3 Å². The summed E-state index contributed by atoms with van der Waals surface area (Å²) in [6, 6.07) is 5.94. The zero-order valence-corrected chi connectivity index (χ0v) is 11.0. The number of nitrogens with two attached hydrogens (primary N) is 1. The van der Waals surface area contributed by atoms with Crippen LogP contribution < -0.4 is 11.1 Å². The molecule has 2 atom stereocenters. The van der Waals surface area contributed by atoms with Gasteiger partial charge in [-0.3, -0.25) is 14.9 Å². The Bertz CT molecular complexity index is 480. The lowest BCUT2D eigenvalue weighted by molar-refractivity contribution is -0.138. The van der Waals surface area contributed by atoms with Gasteiger partial charge in [-0.05, 0) is 12.0 Å². The molecule has 1 aromatic rings. The minimum atomic E-state index is -1.03. The molecule has 0 spiro atoms. The Balaban J connectivity index is 1.93. The Morgan fingerprint density at radius 3 is 2.65 bits per heavy atom. The normalized spacial score (nSPS) is 19.8. The van der Waals surface area contributed by atoms with Gasteiger partial charge in [-0.25, -0.2) is 0 Å². The fourth-order valence-corrected chi connectivity index (χ4v) is 2.07. The quantitative estimate of drug-likeness (QED) is 0.641. The number of hydrogen-bond donors (Lipinski definition) is 3. The Morgan fingerprint density at radius 1 is 1.40 bits per heavy atom. The summed E-state index contributed by atoms with van der Waals surface area (Å²) in [5, 5.41) is 11.8. The van der Waals surface area contributed by atoms with Crippen molar-refractivity contribution in [3.63, 3.8) is 0 Å². The molecule has 1 saturated heterocycles. The number of carboxylic acid groups (broad SMARTS) is 1. The average molecular weight is 278 g/mol. The van der Waals surface area contributed by atoms with Crippen LogP contribution >= 0.6 is 0 Å². The summed E-state index contributed by atoms with van der Waals surface area (Å²) >= 11 is 0. The highest BCUT2D eigenvalue weighted by molar-refractivity contribution is 5.96. The molecule has 0 saturated carbocycles. The molecule has 1 aromatic carbocycles. The smallest absolute Gasteiger partial charge is 0.320 e. The Morgan fingerprint density at radius 2 is 2.10 bits per heavy atom. The molecule has 1 aliphatic heterocycles. The molecule has 108 valence electrons. The summed E-state index contributed by atoms with van der Waals surface area (Å²) in [6.07, 6.45) is 0.341. The van der Waals surface area contributed by atoms with E-state index in [-0.39, 0.29) is 18.4 Å². The van der Waals surface area contributed by atoms with Gasteiger partial charge in [-0.1, -0.05) is 24.3 Å². The van der Waals surface area contributed by atoms with Gasteiger partial charge < -0.3 is 15.6 Å². The van der Waals surface area contributed by atoms with Crippen molar-refractivity contribution < 1.29 is 19.4 Å². The van der Waals surface area contributed by atoms with Crippen LogP contribution in [0.15, 0.2) is 24.3 Å². The van der Waals surface area contributed by atoms with E-state index >= 15 is 0 Å². The standard InChI is InChI=1S/C14H18N2O4/c15-11(14(18)19)7-9-1-3-10(4-2-9)12(17)8-13-16-5-6-20-13/h1-4,11,13,16H,5-8,15H2,(H,18,19). The van der Waals surface area contributed by atoms with Crippen LogP contribution in [-0.4, -0.2) is 42.3 Å². The SMILES string of the molecule is NC(Cc1ccc(C(=O)CC2NCCO2)cc1)C(=O)O. The van der Waals surface area contributed by atoms with Crippen LogP contribution in [0.3, 0.4) is 0 Å². The van der Waals surface area contributed by atoms with Crippen LogP contribution in [-0.2, 0) is 16.0 Å². The number of carbonyl (C=O) groups excluding carboxylic acids is 1. The van der Waals surface area contributed by atoms with Gasteiger partial charge in [0.05, 0.1) is 13.0 Å². The predicted molar refractivity (Wildman–Crippen MR) is 72.4 cm³/mol. The van der Waals surface area contributed by atoms with Crippen LogP contribution in [0.5, 0.6) is 0 Å². The molecule has 0 aliphatic carbocycles. The van der Waals surface area contributed by atoms with E-state index in [4.69, 9.17) is 15.6 Å². The fourth-order valence-electron chi connectivity index (χ4n) is 2.07. The molecule has 0 amide bonds. The molecular weight excluding hydrogens is 260 g/mol. The lowest BCUT2D eigenvalue weighted by atomic mass is 10.0. The van der Waals surface area contributed by atoms with E-state index in [0.717, 1.165) is 12.1 Å². The number of carboxylic acids is 1. The number of Topliss-reactive ketones (excluding diaryl/α,β-unsaturated/α-hetero) is 1. The number of aliphatic carboxylic acids is 1. The van der Waals surface area contributed by atoms with Gasteiger partial charge in [0.2, 0.25) is 0 Å². The van der Waals surface area contributed by atoms with Gasteiger partial charge in [0.25, 0.3) is 0 Å². The van der Waals surface area contributed by atoms with E-state index in [1.54, 1.807) is 24.3 Å². The second kappa shape index (κ2) is 6.60. The third-order valence-electron chi connectivity index (χ3n) is 3.21. The number of ether oxygens (including phenoxy) is 1. The van der Waals surface area contributed by atoms with Crippen molar-refractivity contribution in [2.45, 2.75) is 25.1 Å². The highest BCUT2D eigenvalue weighted by Crippen LogP contribution is 2.11. The first-order chi connectivity index (χ1) is 9.56. The lowest BCUT2D eigenvalue weighted by Crippen LogP contribution is -2.32. The van der Waals surface area contributed by atoms with Gasteiger partial charge in [0.15, 0.2) is 5.78 Å². The summed E-state index contributed by atoms with van der Waals surface area (Å²) in [4.78, 5) is 22.7. The molecule has 2 rings (SSSR count). The van der Waals surface area contributed by atoms with Crippen LogP contribution in [0, 0.1) is 0 Å². The number of ketones is 1. The minimum absolute atomic E-state index is 0.00140. The first kappa shape index (κ1) is 14.6. The highest BCUT2D eigenvalue weighted by atomic mass is 16.5. The van der Waals surface area contributed by atoms with Crippen molar-refractivity contribution in [1.82, 2.24) is 5.32 Å². The molecule has 1 aliphatic rings. The monoisotopic (exact) mass is 278 g/mol. The van der Waals surface area contributed by atoms with Crippen molar-refractivity contribution in [2.24, 2.45) is 5.73 Å². The van der Waals surface area contributed by atoms with Crippen molar-refractivity contribution >= 4 is 11.8 Å². The maximum absolute atomic E-state index is 12.0. The predicted octanol–water partition coefficient (Wildman–Crippen LogP) is 0.160. The lowest BCUT2D eigenvalue weighted by Gasteiger charge is -2.10. The third kappa shape index (κ3) is 3.86. The van der Waals surface area contributed by atoms with E-state index in [0.29, 0.717) is 18.6 Å². The Hall–Kier alpha value is -1.76. The maximum Gasteiger partial charge on any atom is 0.320 e. The molecular formula is C14H18N2O4. The molecule has 0 bridgehead atoms. The topological polar surface area (TPSA) is 102 Å². The number of hydrogen-bond acceptors (Lipinski definition) is 5. The average Bonchev–Trinajstić information content (AvgIpc) is 2.92. The van der Waals surface area contributed by atoms with Gasteiger partial charge in [0.1, 0.15) is 12.3 Å². The van der Waals surface area contributed by atoms with Crippen molar-refractivity contribution in [3.05, 3.63) is 35.4 Å². The number of carbonyl (C=O) groups is 2. The number of nitrogens with one attached hydrogen (secondary N) is 1.